The van der Waals surface area contributed by atoms with Crippen molar-refractivity contribution < 1.29 is 33.7 Å². The first-order chi connectivity index (χ1) is 21.2. The first-order valence-electron chi connectivity index (χ1n) is 14.3. The number of carbonyl (C=O) groups is 3. The van der Waals surface area contributed by atoms with Gasteiger partial charge in [0.2, 0.25) is 23.0 Å². The summed E-state index contributed by atoms with van der Waals surface area (Å²) in [4.78, 5) is 49.8. The number of anilines is 1. The second-order valence-electron chi connectivity index (χ2n) is 10.4. The number of aryl methyl sites for hydroxylation is 1. The van der Waals surface area contributed by atoms with E-state index in [4.69, 9.17) is 14.2 Å². The molecule has 0 spiro atoms. The van der Waals surface area contributed by atoms with Crippen molar-refractivity contribution in [3.05, 3.63) is 81.5 Å². The zero-order valence-electron chi connectivity index (χ0n) is 25.2. The van der Waals surface area contributed by atoms with E-state index in [0.717, 1.165) is 11.1 Å². The Labute approximate surface area is 255 Å². The highest BCUT2D eigenvalue weighted by molar-refractivity contribution is 5.85. The highest BCUT2D eigenvalue weighted by Crippen LogP contribution is 2.50. The van der Waals surface area contributed by atoms with Gasteiger partial charge in [-0.1, -0.05) is 36.4 Å². The highest BCUT2D eigenvalue weighted by atomic mass is 16.5. The number of aliphatic carboxylic acids is 1. The molecule has 2 amide bonds. The summed E-state index contributed by atoms with van der Waals surface area (Å²) in [6, 6.07) is 13.8. The number of fused-ring (bicyclic) bond motifs is 3. The molecule has 3 aromatic carbocycles. The van der Waals surface area contributed by atoms with Crippen LogP contribution in [-0.4, -0.2) is 50.8 Å². The number of hydrogen-bond acceptors (Lipinski definition) is 8. The van der Waals surface area contributed by atoms with Crippen LogP contribution in [0.25, 0.3) is 11.1 Å². The minimum absolute atomic E-state index is 0.0596. The third-order valence-corrected chi connectivity index (χ3v) is 7.50. The monoisotopic (exact) mass is 603 g/mol. The summed E-state index contributed by atoms with van der Waals surface area (Å²) in [6.45, 7) is 1.73. The lowest BCUT2D eigenvalue weighted by Gasteiger charge is -2.19. The van der Waals surface area contributed by atoms with Crippen LogP contribution >= 0.6 is 0 Å². The summed E-state index contributed by atoms with van der Waals surface area (Å²) in [5.74, 6) is -0.398. The first-order valence-corrected chi connectivity index (χ1v) is 14.3. The number of ether oxygens (including phenoxy) is 3. The van der Waals surface area contributed by atoms with Crippen molar-refractivity contribution >= 4 is 23.5 Å². The molecule has 11 nitrogen and oxygen atoms in total. The molecule has 1 aliphatic carbocycles. The highest BCUT2D eigenvalue weighted by Gasteiger charge is 2.29. The average Bonchev–Trinajstić information content (AvgIpc) is 3.25. The van der Waals surface area contributed by atoms with Crippen LogP contribution in [0, 0.1) is 0 Å². The number of rotatable bonds is 12. The lowest BCUT2D eigenvalue weighted by molar-refractivity contribution is -0.142. The molecule has 4 N–H and O–H groups in total. The fourth-order valence-corrected chi connectivity index (χ4v) is 5.49. The van der Waals surface area contributed by atoms with Crippen molar-refractivity contribution in [1.82, 2.24) is 10.6 Å². The van der Waals surface area contributed by atoms with Gasteiger partial charge in [0.05, 0.1) is 33.1 Å². The van der Waals surface area contributed by atoms with E-state index in [2.05, 4.69) is 16.0 Å². The molecule has 11 heteroatoms. The minimum atomic E-state index is -1.15. The van der Waals surface area contributed by atoms with E-state index < -0.39 is 24.0 Å². The van der Waals surface area contributed by atoms with E-state index in [1.165, 1.54) is 27.2 Å². The van der Waals surface area contributed by atoms with Gasteiger partial charge in [-0.25, -0.2) is 4.79 Å². The predicted molar refractivity (Wildman–Crippen MR) is 165 cm³/mol. The van der Waals surface area contributed by atoms with Crippen LogP contribution in [0.5, 0.6) is 17.2 Å². The van der Waals surface area contributed by atoms with Crippen molar-refractivity contribution in [2.75, 3.05) is 33.2 Å². The Kier molecular flexibility index (Phi) is 10.4. The first kappa shape index (κ1) is 31.9. The smallest absolute Gasteiger partial charge is 0.330 e. The Morgan fingerprint density at radius 2 is 1.70 bits per heavy atom. The number of carboxylic acid groups (broad SMARTS) is 1. The predicted octanol–water partition coefficient (Wildman–Crippen LogP) is 4.00. The van der Waals surface area contributed by atoms with Crippen molar-refractivity contribution in [2.45, 2.75) is 44.7 Å². The summed E-state index contributed by atoms with van der Waals surface area (Å²) in [5, 5.41) is 18.2. The van der Waals surface area contributed by atoms with Crippen LogP contribution in [0.3, 0.4) is 0 Å². The van der Waals surface area contributed by atoms with E-state index in [-0.39, 0.29) is 17.8 Å². The van der Waals surface area contributed by atoms with Crippen molar-refractivity contribution in [1.29, 1.82) is 0 Å². The molecule has 0 fully saturated rings. The molecule has 0 aromatic heterocycles. The number of carbonyl (C=O) groups excluding carboxylic acids is 2. The lowest BCUT2D eigenvalue weighted by atomic mass is 9.95. The quantitative estimate of drug-likeness (QED) is 0.225. The normalized spacial score (nSPS) is 14.1. The van der Waals surface area contributed by atoms with Gasteiger partial charge in [-0.15, -0.1) is 0 Å². The molecule has 0 aliphatic heterocycles. The van der Waals surface area contributed by atoms with Crippen LogP contribution in [0.2, 0.25) is 0 Å². The molecule has 44 heavy (non-hydrogen) atoms. The molecule has 0 saturated heterocycles. The standard InChI is InChI=1S/C33H37N3O8/c1-19(37)35-24-14-12-21-17-27(42-2)31(43-3)32(44-4)29(21)22-13-15-25(26(38)18-23(22)24)34-16-8-11-28(39)36-30(33(40)41)20-9-6-5-7-10-20/h5-7,9-10,13,15,17-18,24,30H,8,11-12,14,16H2,1-4H3,(H,34,38)(H,35,37)(H,36,39)(H,40,41)/t24-,30-/m0/s1. The van der Waals surface area contributed by atoms with Gasteiger partial charge in [-0.2, -0.15) is 0 Å². The lowest BCUT2D eigenvalue weighted by Crippen LogP contribution is -2.33. The molecular weight excluding hydrogens is 566 g/mol. The number of methoxy groups -OCH3 is 3. The van der Waals surface area contributed by atoms with Gasteiger partial charge in [0.15, 0.2) is 17.5 Å². The van der Waals surface area contributed by atoms with Gasteiger partial charge in [-0.05, 0) is 59.7 Å². The molecule has 0 unspecified atom stereocenters. The average molecular weight is 604 g/mol. The fraction of sp³-hybridized carbons (Fsp3) is 0.333. The molecule has 1 aliphatic rings. The molecule has 232 valence electrons. The molecule has 0 bridgehead atoms. The second kappa shape index (κ2) is 14.4. The Bertz CT molecular complexity index is 1590. The molecular formula is C33H37N3O8. The second-order valence-corrected chi connectivity index (χ2v) is 10.4. The maximum absolute atomic E-state index is 13.4. The minimum Gasteiger partial charge on any atom is -0.493 e. The van der Waals surface area contributed by atoms with Crippen LogP contribution in [-0.2, 0) is 20.8 Å². The van der Waals surface area contributed by atoms with Gasteiger partial charge in [0.25, 0.3) is 0 Å². The van der Waals surface area contributed by atoms with Crippen molar-refractivity contribution in [3.8, 4) is 28.4 Å². The zero-order valence-corrected chi connectivity index (χ0v) is 25.2. The molecule has 4 rings (SSSR count). The van der Waals surface area contributed by atoms with E-state index in [1.807, 2.05) is 12.1 Å². The van der Waals surface area contributed by atoms with Gasteiger partial charge in [0.1, 0.15) is 0 Å². The van der Waals surface area contributed by atoms with E-state index in [9.17, 15) is 24.3 Å². The van der Waals surface area contributed by atoms with Crippen LogP contribution < -0.4 is 35.6 Å². The van der Waals surface area contributed by atoms with E-state index in [0.29, 0.717) is 65.4 Å². The number of benzene rings is 2. The summed E-state index contributed by atoms with van der Waals surface area (Å²) in [7, 11) is 4.61. The van der Waals surface area contributed by atoms with Crippen LogP contribution in [0.4, 0.5) is 5.69 Å². The molecule has 3 aromatic rings. The largest absolute Gasteiger partial charge is 0.493 e. The molecule has 0 radical (unpaired) electrons. The Morgan fingerprint density at radius 3 is 2.34 bits per heavy atom. The van der Waals surface area contributed by atoms with Crippen LogP contribution in [0.15, 0.2) is 59.4 Å². The van der Waals surface area contributed by atoms with E-state index >= 15 is 0 Å². The van der Waals surface area contributed by atoms with Crippen molar-refractivity contribution in [2.24, 2.45) is 0 Å². The molecule has 0 saturated carbocycles. The summed E-state index contributed by atoms with van der Waals surface area (Å²) < 4.78 is 17.0. The molecule has 0 heterocycles. The van der Waals surface area contributed by atoms with Gasteiger partial charge in [0, 0.05) is 25.5 Å². The molecule has 2 atom stereocenters. The Morgan fingerprint density at radius 1 is 0.977 bits per heavy atom. The van der Waals surface area contributed by atoms with Crippen molar-refractivity contribution in [3.63, 3.8) is 0 Å². The maximum Gasteiger partial charge on any atom is 0.330 e. The van der Waals surface area contributed by atoms with Gasteiger partial charge < -0.3 is 35.3 Å². The number of amides is 2. The number of nitrogens with one attached hydrogen (secondary N) is 3. The zero-order chi connectivity index (χ0) is 31.8. The Hall–Kier alpha value is -5.06. The number of hydrogen-bond donors (Lipinski definition) is 4. The van der Waals surface area contributed by atoms with E-state index in [1.54, 1.807) is 43.5 Å². The van der Waals surface area contributed by atoms with Gasteiger partial charge >= 0.3 is 5.97 Å². The number of carboxylic acids is 1. The van der Waals surface area contributed by atoms with Gasteiger partial charge in [-0.3, -0.25) is 14.4 Å². The Balaban J connectivity index is 1.59. The third-order valence-electron chi connectivity index (χ3n) is 7.50. The fourth-order valence-electron chi connectivity index (χ4n) is 5.49. The topological polar surface area (TPSA) is 152 Å². The maximum atomic E-state index is 13.4. The summed E-state index contributed by atoms with van der Waals surface area (Å²) >= 11 is 0. The summed E-state index contributed by atoms with van der Waals surface area (Å²) in [6.07, 6.45) is 1.54. The third kappa shape index (κ3) is 7.11. The summed E-state index contributed by atoms with van der Waals surface area (Å²) in [5.41, 5.74) is 3.52. The van der Waals surface area contributed by atoms with Crippen LogP contribution in [0.1, 0.15) is 55.0 Å². The SMILES string of the molecule is COc1cc2c(c(OC)c1OC)-c1ccc(NCCCC(=O)N[C@H](C(=O)O)c3ccccc3)c(=O)cc1[C@@H](NC(C)=O)CC2.